The molecule has 0 aromatic heterocycles. The summed E-state index contributed by atoms with van der Waals surface area (Å²) in [5, 5.41) is 3.02. The highest BCUT2D eigenvalue weighted by molar-refractivity contribution is 5.81. The molecule has 2 aromatic rings. The van der Waals surface area contributed by atoms with E-state index in [9.17, 15) is 4.79 Å². The number of ether oxygens (including phenoxy) is 2. The first-order valence-electron chi connectivity index (χ1n) is 9.91. The van der Waals surface area contributed by atoms with E-state index >= 15 is 0 Å². The highest BCUT2D eigenvalue weighted by Gasteiger charge is 2.28. The molecule has 1 saturated heterocycles. The van der Waals surface area contributed by atoms with Crippen LogP contribution < -0.4 is 19.7 Å². The molecule has 0 unspecified atom stereocenters. The number of carbonyl (C=O) groups is 1. The van der Waals surface area contributed by atoms with E-state index in [1.165, 1.54) is 5.69 Å². The minimum atomic E-state index is -0.600. The molecule has 2 atom stereocenters. The molecule has 1 amide bonds. The van der Waals surface area contributed by atoms with Gasteiger partial charge in [0.1, 0.15) is 6.61 Å². The third-order valence-electron chi connectivity index (χ3n) is 5.43. The molecule has 4 rings (SSSR count). The molecule has 6 heteroatoms. The van der Waals surface area contributed by atoms with E-state index in [0.717, 1.165) is 26.2 Å². The second-order valence-corrected chi connectivity index (χ2v) is 7.32. The number of para-hydroxylation sites is 3. The Hall–Kier alpha value is -2.73. The Morgan fingerprint density at radius 2 is 1.71 bits per heavy atom. The highest BCUT2D eigenvalue weighted by atomic mass is 16.6. The average Bonchev–Trinajstić information content (AvgIpc) is 2.77. The summed E-state index contributed by atoms with van der Waals surface area (Å²) in [6, 6.07) is 18.2. The van der Waals surface area contributed by atoms with E-state index in [1.807, 2.05) is 30.3 Å². The van der Waals surface area contributed by atoms with E-state index in [1.54, 1.807) is 0 Å². The van der Waals surface area contributed by atoms with E-state index in [4.69, 9.17) is 9.47 Å². The molecule has 0 aliphatic carbocycles. The van der Waals surface area contributed by atoms with E-state index in [2.05, 4.69) is 46.3 Å². The van der Waals surface area contributed by atoms with Crippen LogP contribution in [-0.2, 0) is 4.79 Å². The zero-order chi connectivity index (χ0) is 19.3. The zero-order valence-corrected chi connectivity index (χ0v) is 16.2. The van der Waals surface area contributed by atoms with Gasteiger partial charge in [0.05, 0.1) is 0 Å². The highest BCUT2D eigenvalue weighted by Crippen LogP contribution is 2.30. The van der Waals surface area contributed by atoms with Crippen LogP contribution in [0.25, 0.3) is 0 Å². The molecule has 0 bridgehead atoms. The number of hydrogen-bond acceptors (Lipinski definition) is 5. The molecular formula is C22H27N3O3. The lowest BCUT2D eigenvalue weighted by molar-refractivity contribution is -0.130. The first kappa shape index (κ1) is 18.6. The smallest absolute Gasteiger partial charge is 0.264 e. The normalized spacial score (nSPS) is 20.5. The van der Waals surface area contributed by atoms with Gasteiger partial charge >= 0.3 is 0 Å². The van der Waals surface area contributed by atoms with Gasteiger partial charge in [0.25, 0.3) is 5.91 Å². The predicted octanol–water partition coefficient (Wildman–Crippen LogP) is 2.15. The number of anilines is 1. The predicted molar refractivity (Wildman–Crippen MR) is 109 cm³/mol. The van der Waals surface area contributed by atoms with Crippen molar-refractivity contribution in [2.24, 2.45) is 0 Å². The Kier molecular flexibility index (Phi) is 5.67. The van der Waals surface area contributed by atoms with Gasteiger partial charge in [-0.1, -0.05) is 30.3 Å². The van der Waals surface area contributed by atoms with Gasteiger partial charge in [0.2, 0.25) is 6.10 Å². The summed E-state index contributed by atoms with van der Waals surface area (Å²) in [7, 11) is 0. The lowest BCUT2D eigenvalue weighted by atomic mass is 10.2. The number of benzene rings is 2. The Bertz CT molecular complexity index is 791. The fourth-order valence-electron chi connectivity index (χ4n) is 3.70. The Labute approximate surface area is 166 Å². The van der Waals surface area contributed by atoms with Crippen molar-refractivity contribution in [2.75, 3.05) is 44.2 Å². The molecule has 2 heterocycles. The largest absolute Gasteiger partial charge is 0.485 e. The lowest BCUT2D eigenvalue weighted by Crippen LogP contribution is -2.53. The van der Waals surface area contributed by atoms with E-state index in [-0.39, 0.29) is 18.6 Å². The van der Waals surface area contributed by atoms with E-state index < -0.39 is 6.10 Å². The first-order chi connectivity index (χ1) is 13.7. The van der Waals surface area contributed by atoms with Crippen molar-refractivity contribution >= 4 is 11.6 Å². The monoisotopic (exact) mass is 381 g/mol. The summed E-state index contributed by atoms with van der Waals surface area (Å²) in [6.45, 7) is 6.98. The number of nitrogens with zero attached hydrogens (tertiary/aromatic N) is 2. The summed E-state index contributed by atoms with van der Waals surface area (Å²) in [5.74, 6) is 1.19. The Morgan fingerprint density at radius 1 is 1.04 bits per heavy atom. The van der Waals surface area contributed by atoms with Crippen molar-refractivity contribution in [3.63, 3.8) is 0 Å². The van der Waals surface area contributed by atoms with Crippen LogP contribution in [0.1, 0.15) is 6.92 Å². The topological polar surface area (TPSA) is 54.0 Å². The van der Waals surface area contributed by atoms with Crippen LogP contribution in [0.2, 0.25) is 0 Å². The number of rotatable bonds is 5. The van der Waals surface area contributed by atoms with Crippen molar-refractivity contribution in [1.82, 2.24) is 10.2 Å². The van der Waals surface area contributed by atoms with Crippen molar-refractivity contribution in [3.8, 4) is 11.5 Å². The maximum Gasteiger partial charge on any atom is 0.264 e. The van der Waals surface area contributed by atoms with Crippen LogP contribution >= 0.6 is 0 Å². The molecule has 2 aromatic carbocycles. The minimum Gasteiger partial charge on any atom is -0.485 e. The molecule has 0 saturated carbocycles. The Balaban J connectivity index is 1.23. The zero-order valence-electron chi connectivity index (χ0n) is 16.2. The number of nitrogens with one attached hydrogen (secondary N) is 1. The number of amides is 1. The summed E-state index contributed by atoms with van der Waals surface area (Å²) >= 11 is 0. The number of fused-ring (bicyclic) bond motifs is 1. The third-order valence-corrected chi connectivity index (χ3v) is 5.43. The van der Waals surface area contributed by atoms with Gasteiger partial charge in [-0.2, -0.15) is 0 Å². The van der Waals surface area contributed by atoms with Gasteiger partial charge in [-0.15, -0.1) is 0 Å². The number of hydrogen-bond donors (Lipinski definition) is 1. The molecule has 0 spiro atoms. The second-order valence-electron chi connectivity index (χ2n) is 7.32. The van der Waals surface area contributed by atoms with Crippen molar-refractivity contribution in [1.29, 1.82) is 0 Å². The lowest BCUT2D eigenvalue weighted by Gasteiger charge is -2.39. The van der Waals surface area contributed by atoms with Gasteiger partial charge in [-0.25, -0.2) is 0 Å². The molecular weight excluding hydrogens is 354 g/mol. The maximum atomic E-state index is 12.5. The minimum absolute atomic E-state index is 0.121. The van der Waals surface area contributed by atoms with Crippen molar-refractivity contribution in [2.45, 2.75) is 19.1 Å². The summed E-state index contributed by atoms with van der Waals surface area (Å²) < 4.78 is 11.4. The van der Waals surface area contributed by atoms with Crippen LogP contribution in [0.5, 0.6) is 11.5 Å². The van der Waals surface area contributed by atoms with Crippen molar-refractivity contribution in [3.05, 3.63) is 54.6 Å². The standard InChI is InChI=1S/C22H27N3O3/c1-17(24-11-13-25(14-12-24)18-7-3-2-4-8-18)15-23-22(26)21-16-27-19-9-5-6-10-20(19)28-21/h2-10,17,21H,11-16H2,1H3,(H,23,26)/t17-,21+/m1/s1. The average molecular weight is 381 g/mol. The molecule has 0 radical (unpaired) electrons. The van der Waals surface area contributed by atoms with E-state index in [0.29, 0.717) is 18.0 Å². The van der Waals surface area contributed by atoms with Crippen LogP contribution in [-0.4, -0.2) is 62.3 Å². The maximum absolute atomic E-state index is 12.5. The van der Waals surface area contributed by atoms with Gasteiger partial charge in [0, 0.05) is 44.5 Å². The van der Waals surface area contributed by atoms with Gasteiger partial charge in [0.15, 0.2) is 11.5 Å². The number of carbonyl (C=O) groups excluding carboxylic acids is 1. The third kappa shape index (κ3) is 4.22. The molecule has 1 N–H and O–H groups in total. The number of piperazine rings is 1. The van der Waals surface area contributed by atoms with Crippen LogP contribution in [0.4, 0.5) is 5.69 Å². The fourth-order valence-corrected chi connectivity index (χ4v) is 3.70. The summed E-state index contributed by atoms with van der Waals surface area (Å²) in [5.41, 5.74) is 1.28. The molecule has 28 heavy (non-hydrogen) atoms. The summed E-state index contributed by atoms with van der Waals surface area (Å²) in [6.07, 6.45) is -0.600. The first-order valence-corrected chi connectivity index (χ1v) is 9.91. The molecule has 148 valence electrons. The van der Waals surface area contributed by atoms with Crippen LogP contribution in [0.15, 0.2) is 54.6 Å². The fraction of sp³-hybridized carbons (Fsp3) is 0.409. The second kappa shape index (κ2) is 8.52. The molecule has 2 aliphatic rings. The molecule has 1 fully saturated rings. The van der Waals surface area contributed by atoms with Gasteiger partial charge < -0.3 is 19.7 Å². The summed E-state index contributed by atoms with van der Waals surface area (Å²) in [4.78, 5) is 17.3. The SMILES string of the molecule is C[C@H](CNC(=O)[C@@H]1COc2ccccc2O1)N1CCN(c2ccccc2)CC1. The molecule has 6 nitrogen and oxygen atoms in total. The Morgan fingerprint density at radius 3 is 2.46 bits per heavy atom. The molecule has 2 aliphatic heterocycles. The quantitative estimate of drug-likeness (QED) is 0.860. The van der Waals surface area contributed by atoms with Gasteiger partial charge in [-0.05, 0) is 31.2 Å². The van der Waals surface area contributed by atoms with Crippen LogP contribution in [0.3, 0.4) is 0 Å². The van der Waals surface area contributed by atoms with Crippen molar-refractivity contribution < 1.29 is 14.3 Å². The van der Waals surface area contributed by atoms with Crippen LogP contribution in [0, 0.1) is 0 Å². The van der Waals surface area contributed by atoms with Gasteiger partial charge in [-0.3, -0.25) is 9.69 Å².